The van der Waals surface area contributed by atoms with E-state index in [0.717, 1.165) is 55.4 Å². The largest absolute Gasteiger partial charge is 0.497 e. The highest BCUT2D eigenvalue weighted by molar-refractivity contribution is 6.02. The number of benzene rings is 1. The summed E-state index contributed by atoms with van der Waals surface area (Å²) in [5.41, 5.74) is 1.85. The maximum Gasteiger partial charge on any atom is 0.143 e. The molecule has 1 saturated carbocycles. The monoisotopic (exact) mass is 273 g/mol. The lowest BCUT2D eigenvalue weighted by molar-refractivity contribution is -0.115. The second-order valence-electron chi connectivity index (χ2n) is 5.69. The molecule has 0 N–H and O–H groups in total. The van der Waals surface area contributed by atoms with Gasteiger partial charge in [-0.2, -0.15) is 0 Å². The van der Waals surface area contributed by atoms with Crippen molar-refractivity contribution in [3.05, 3.63) is 29.8 Å². The standard InChI is InChI=1S/C16H19NO3/c1-19-14-4-2-3-13(9-14)15-10-16(20-17-15)7-5-12(11-18)6-8-16/h2-4,9,11-12H,5-8,10H2,1H3. The fraction of sp³-hybridized carbons (Fsp3) is 0.500. The summed E-state index contributed by atoms with van der Waals surface area (Å²) < 4.78 is 5.25. The van der Waals surface area contributed by atoms with Crippen LogP contribution in [0, 0.1) is 5.92 Å². The number of carbonyl (C=O) groups excluding carboxylic acids is 1. The zero-order valence-electron chi connectivity index (χ0n) is 11.7. The minimum Gasteiger partial charge on any atom is -0.497 e. The van der Waals surface area contributed by atoms with Crippen LogP contribution in [0.1, 0.15) is 37.7 Å². The van der Waals surface area contributed by atoms with Gasteiger partial charge in [-0.05, 0) is 37.8 Å². The van der Waals surface area contributed by atoms with Crippen molar-refractivity contribution >= 4 is 12.0 Å². The molecule has 4 heteroatoms. The molecule has 1 aromatic carbocycles. The van der Waals surface area contributed by atoms with E-state index in [0.29, 0.717) is 0 Å². The van der Waals surface area contributed by atoms with Crippen molar-refractivity contribution in [2.75, 3.05) is 7.11 Å². The number of nitrogens with zero attached hydrogens (tertiary/aromatic N) is 1. The fourth-order valence-electron chi connectivity index (χ4n) is 3.05. The van der Waals surface area contributed by atoms with Crippen molar-refractivity contribution < 1.29 is 14.4 Å². The first-order valence-electron chi connectivity index (χ1n) is 7.09. The predicted octanol–water partition coefficient (Wildman–Crippen LogP) is 2.95. The van der Waals surface area contributed by atoms with Crippen LogP contribution in [0.15, 0.2) is 29.4 Å². The van der Waals surface area contributed by atoms with Crippen LogP contribution in [0.5, 0.6) is 5.75 Å². The number of ether oxygens (including phenoxy) is 1. The zero-order valence-corrected chi connectivity index (χ0v) is 11.7. The lowest BCUT2D eigenvalue weighted by Gasteiger charge is -2.32. The Morgan fingerprint density at radius 3 is 2.90 bits per heavy atom. The van der Waals surface area contributed by atoms with Gasteiger partial charge in [0.1, 0.15) is 17.6 Å². The molecule has 20 heavy (non-hydrogen) atoms. The van der Waals surface area contributed by atoms with E-state index in [2.05, 4.69) is 5.16 Å². The summed E-state index contributed by atoms with van der Waals surface area (Å²) in [5, 5.41) is 4.28. The average Bonchev–Trinajstić information content (AvgIpc) is 2.92. The Balaban J connectivity index is 1.71. The van der Waals surface area contributed by atoms with Gasteiger partial charge in [-0.15, -0.1) is 0 Å². The molecule has 0 aromatic heterocycles. The van der Waals surface area contributed by atoms with Crippen LogP contribution >= 0.6 is 0 Å². The number of methoxy groups -OCH3 is 1. The Hall–Kier alpha value is -1.84. The van der Waals surface area contributed by atoms with E-state index in [-0.39, 0.29) is 11.5 Å². The van der Waals surface area contributed by atoms with Crippen molar-refractivity contribution in [2.45, 2.75) is 37.7 Å². The summed E-state index contributed by atoms with van der Waals surface area (Å²) in [6.45, 7) is 0. The fourth-order valence-corrected chi connectivity index (χ4v) is 3.05. The molecule has 1 aliphatic heterocycles. The highest BCUT2D eigenvalue weighted by atomic mass is 16.7. The molecule has 0 bridgehead atoms. The molecular weight excluding hydrogens is 254 g/mol. The van der Waals surface area contributed by atoms with Crippen LogP contribution in [0.4, 0.5) is 0 Å². The van der Waals surface area contributed by atoms with Crippen LogP contribution in [0.25, 0.3) is 0 Å². The first-order chi connectivity index (χ1) is 9.74. The van der Waals surface area contributed by atoms with Gasteiger partial charge < -0.3 is 14.4 Å². The number of hydrogen-bond donors (Lipinski definition) is 0. The number of oxime groups is 1. The van der Waals surface area contributed by atoms with Gasteiger partial charge in [0.25, 0.3) is 0 Å². The van der Waals surface area contributed by atoms with E-state index < -0.39 is 0 Å². The highest BCUT2D eigenvalue weighted by Crippen LogP contribution is 2.41. The summed E-state index contributed by atoms with van der Waals surface area (Å²) in [7, 11) is 1.66. The van der Waals surface area contributed by atoms with Crippen LogP contribution < -0.4 is 4.74 Å². The Kier molecular flexibility index (Phi) is 3.47. The summed E-state index contributed by atoms with van der Waals surface area (Å²) in [6.07, 6.45) is 5.53. The molecule has 1 fully saturated rings. The van der Waals surface area contributed by atoms with Crippen molar-refractivity contribution in [1.82, 2.24) is 0 Å². The number of rotatable bonds is 3. The van der Waals surface area contributed by atoms with Gasteiger partial charge in [-0.1, -0.05) is 17.3 Å². The molecule has 2 aliphatic rings. The molecule has 106 valence electrons. The maximum absolute atomic E-state index is 10.8. The third kappa shape index (κ3) is 2.42. The normalized spacial score (nSPS) is 28.9. The molecule has 1 spiro atoms. The van der Waals surface area contributed by atoms with Crippen LogP contribution in [-0.2, 0) is 9.63 Å². The average molecular weight is 273 g/mol. The Labute approximate surface area is 118 Å². The lowest BCUT2D eigenvalue weighted by Crippen LogP contribution is -2.34. The van der Waals surface area contributed by atoms with Crippen molar-refractivity contribution in [2.24, 2.45) is 11.1 Å². The minimum atomic E-state index is -0.183. The van der Waals surface area contributed by atoms with E-state index in [9.17, 15) is 4.79 Å². The zero-order chi connectivity index (χ0) is 14.0. The van der Waals surface area contributed by atoms with Gasteiger partial charge in [0.2, 0.25) is 0 Å². The topological polar surface area (TPSA) is 47.9 Å². The smallest absolute Gasteiger partial charge is 0.143 e. The summed E-state index contributed by atoms with van der Waals surface area (Å²) in [4.78, 5) is 16.6. The molecule has 0 atom stereocenters. The van der Waals surface area contributed by atoms with Gasteiger partial charge in [-0.25, -0.2) is 0 Å². The molecule has 4 nitrogen and oxygen atoms in total. The van der Waals surface area contributed by atoms with Gasteiger partial charge in [-0.3, -0.25) is 0 Å². The summed E-state index contributed by atoms with van der Waals surface area (Å²) >= 11 is 0. The van der Waals surface area contributed by atoms with Gasteiger partial charge in [0, 0.05) is 17.9 Å². The summed E-state index contributed by atoms with van der Waals surface area (Å²) in [5.74, 6) is 1.03. The van der Waals surface area contributed by atoms with E-state index in [1.54, 1.807) is 7.11 Å². The van der Waals surface area contributed by atoms with Crippen molar-refractivity contribution in [1.29, 1.82) is 0 Å². The van der Waals surface area contributed by atoms with Crippen molar-refractivity contribution in [3.63, 3.8) is 0 Å². The molecule has 1 aromatic rings. The number of aldehydes is 1. The molecular formula is C16H19NO3. The molecule has 0 saturated heterocycles. The van der Waals surface area contributed by atoms with Gasteiger partial charge in [0.05, 0.1) is 12.8 Å². The summed E-state index contributed by atoms with van der Waals surface area (Å²) in [6, 6.07) is 7.90. The third-order valence-corrected chi connectivity index (χ3v) is 4.38. The first kappa shape index (κ1) is 13.2. The SMILES string of the molecule is COc1cccc(C2=NOC3(CCC(C=O)CC3)C2)c1. The van der Waals surface area contributed by atoms with E-state index in [4.69, 9.17) is 9.57 Å². The lowest BCUT2D eigenvalue weighted by atomic mass is 9.76. The number of carbonyl (C=O) groups is 1. The van der Waals surface area contributed by atoms with E-state index >= 15 is 0 Å². The van der Waals surface area contributed by atoms with E-state index in [1.165, 1.54) is 0 Å². The van der Waals surface area contributed by atoms with Gasteiger partial charge in [0.15, 0.2) is 0 Å². The third-order valence-electron chi connectivity index (χ3n) is 4.38. The van der Waals surface area contributed by atoms with E-state index in [1.807, 2.05) is 24.3 Å². The molecule has 0 unspecified atom stereocenters. The van der Waals surface area contributed by atoms with Crippen molar-refractivity contribution in [3.8, 4) is 5.75 Å². The van der Waals surface area contributed by atoms with Crippen LogP contribution in [0.2, 0.25) is 0 Å². The Morgan fingerprint density at radius 1 is 1.40 bits per heavy atom. The molecule has 0 amide bonds. The highest BCUT2D eigenvalue weighted by Gasteiger charge is 2.42. The second kappa shape index (κ2) is 5.27. The maximum atomic E-state index is 10.8. The second-order valence-corrected chi connectivity index (χ2v) is 5.69. The quantitative estimate of drug-likeness (QED) is 0.795. The molecule has 0 radical (unpaired) electrons. The number of hydrogen-bond acceptors (Lipinski definition) is 4. The Morgan fingerprint density at radius 2 is 2.20 bits per heavy atom. The predicted molar refractivity (Wildman–Crippen MR) is 76.0 cm³/mol. The first-order valence-corrected chi connectivity index (χ1v) is 7.09. The Bertz CT molecular complexity index is 530. The molecule has 3 rings (SSSR count). The molecule has 1 aliphatic carbocycles. The van der Waals surface area contributed by atoms with Crippen LogP contribution in [0.3, 0.4) is 0 Å². The van der Waals surface area contributed by atoms with Gasteiger partial charge >= 0.3 is 0 Å². The van der Waals surface area contributed by atoms with Crippen LogP contribution in [-0.4, -0.2) is 24.7 Å². The molecule has 1 heterocycles. The minimum absolute atomic E-state index is 0.183.